The van der Waals surface area contributed by atoms with Gasteiger partial charge in [0.2, 0.25) is 0 Å². The molecule has 0 amide bonds. The van der Waals surface area contributed by atoms with Gasteiger partial charge in [-0.2, -0.15) is 0 Å². The second-order valence-corrected chi connectivity index (χ2v) is 6.92. The van der Waals surface area contributed by atoms with E-state index in [-0.39, 0.29) is 10.6 Å². The minimum absolute atomic E-state index is 0.0849. The maximum Gasteiger partial charge on any atom is 0.164 e. The molecule has 1 unspecified atom stereocenters. The number of halogens is 2. The molecule has 5 atom stereocenters. The Balaban J connectivity index is 1.66. The van der Waals surface area contributed by atoms with Crippen molar-refractivity contribution in [1.29, 1.82) is 0 Å². The van der Waals surface area contributed by atoms with Gasteiger partial charge in [0.1, 0.15) is 42.2 Å². The topological polar surface area (TPSA) is 101 Å². The third kappa shape index (κ3) is 2.99. The molecule has 2 aromatic heterocycles. The zero-order valence-electron chi connectivity index (χ0n) is 14.5. The van der Waals surface area contributed by atoms with Crippen LogP contribution in [0.4, 0.5) is 4.39 Å². The molecule has 0 saturated carbocycles. The Morgan fingerprint density at radius 2 is 2.04 bits per heavy atom. The highest BCUT2D eigenvalue weighted by molar-refractivity contribution is 6.30. The van der Waals surface area contributed by atoms with Gasteiger partial charge in [0.15, 0.2) is 6.23 Å². The van der Waals surface area contributed by atoms with E-state index in [0.717, 1.165) is 6.07 Å². The second kappa shape index (κ2) is 7.23. The number of nitrogens with zero attached hydrogens (tertiary/aromatic N) is 3. The number of aromatic nitrogens is 3. The first-order chi connectivity index (χ1) is 13.4. The molecule has 28 heavy (non-hydrogen) atoms. The van der Waals surface area contributed by atoms with Crippen molar-refractivity contribution in [1.82, 2.24) is 14.5 Å². The van der Waals surface area contributed by atoms with Gasteiger partial charge >= 0.3 is 0 Å². The summed E-state index contributed by atoms with van der Waals surface area (Å²) >= 11 is 5.67. The number of rotatable bonds is 4. The van der Waals surface area contributed by atoms with Crippen LogP contribution < -0.4 is 0 Å². The van der Waals surface area contributed by atoms with Crippen molar-refractivity contribution in [3.8, 4) is 0 Å². The highest BCUT2D eigenvalue weighted by atomic mass is 35.5. The van der Waals surface area contributed by atoms with E-state index < -0.39 is 36.5 Å². The fraction of sp³-hybridized carbons (Fsp3) is 0.263. The molecule has 0 aliphatic carbocycles. The van der Waals surface area contributed by atoms with Crippen LogP contribution in [0.25, 0.3) is 17.1 Å². The lowest BCUT2D eigenvalue weighted by molar-refractivity contribution is -0.0848. The van der Waals surface area contributed by atoms with Gasteiger partial charge in [0.05, 0.1) is 10.7 Å². The van der Waals surface area contributed by atoms with Gasteiger partial charge < -0.3 is 24.6 Å². The van der Waals surface area contributed by atoms with Crippen molar-refractivity contribution in [3.05, 3.63) is 65.5 Å². The highest BCUT2D eigenvalue weighted by Gasteiger charge is 2.47. The van der Waals surface area contributed by atoms with E-state index in [9.17, 15) is 19.7 Å². The summed E-state index contributed by atoms with van der Waals surface area (Å²) in [6, 6.07) is 5.54. The van der Waals surface area contributed by atoms with Crippen molar-refractivity contribution < 1.29 is 24.4 Å². The Kier molecular flexibility index (Phi) is 4.90. The molecule has 4 rings (SSSR count). The minimum atomic E-state index is -1.41. The molecule has 1 aromatic carbocycles. The molecular formula is C19H17ClFN3O4. The van der Waals surface area contributed by atoms with E-state index in [1.54, 1.807) is 22.9 Å². The summed E-state index contributed by atoms with van der Waals surface area (Å²) in [4.78, 5) is 8.32. The quantitative estimate of drug-likeness (QED) is 0.615. The van der Waals surface area contributed by atoms with Crippen LogP contribution in [0.5, 0.6) is 0 Å². The predicted molar refractivity (Wildman–Crippen MR) is 99.9 cm³/mol. The molecule has 1 aliphatic heterocycles. The van der Waals surface area contributed by atoms with Crippen LogP contribution in [0, 0.1) is 5.82 Å². The molecule has 1 fully saturated rings. The van der Waals surface area contributed by atoms with Crippen molar-refractivity contribution >= 4 is 28.7 Å². The molecule has 3 N–H and O–H groups in total. The zero-order valence-corrected chi connectivity index (χ0v) is 15.2. The van der Waals surface area contributed by atoms with Gasteiger partial charge in [-0.05, 0) is 29.8 Å². The van der Waals surface area contributed by atoms with Gasteiger partial charge in [-0.15, -0.1) is 0 Å². The summed E-state index contributed by atoms with van der Waals surface area (Å²) in [5, 5.41) is 32.1. The molecule has 7 nitrogen and oxygen atoms in total. The van der Waals surface area contributed by atoms with Crippen LogP contribution in [-0.2, 0) is 4.74 Å². The monoisotopic (exact) mass is 405 g/mol. The molecule has 3 heterocycles. The first kappa shape index (κ1) is 19.0. The van der Waals surface area contributed by atoms with Crippen molar-refractivity contribution in [2.45, 2.75) is 30.6 Å². The summed E-state index contributed by atoms with van der Waals surface area (Å²) in [6.45, 7) is 3.70. The number of hydrogen-bond acceptors (Lipinski definition) is 6. The molecule has 0 radical (unpaired) electrons. The van der Waals surface area contributed by atoms with E-state index in [0.29, 0.717) is 16.7 Å². The lowest BCUT2D eigenvalue weighted by Gasteiger charge is -2.21. The van der Waals surface area contributed by atoms with Crippen LogP contribution in [0.2, 0.25) is 5.02 Å². The molecule has 0 spiro atoms. The number of aliphatic hydroxyl groups excluding tert-OH is 3. The molecule has 146 valence electrons. The van der Waals surface area contributed by atoms with Crippen molar-refractivity contribution in [2.75, 3.05) is 0 Å². The second-order valence-electron chi connectivity index (χ2n) is 6.51. The summed E-state index contributed by atoms with van der Waals surface area (Å²) in [7, 11) is 0. The third-order valence-corrected chi connectivity index (χ3v) is 5.19. The molecule has 1 saturated heterocycles. The molecule has 9 heteroatoms. The summed E-state index contributed by atoms with van der Waals surface area (Å²) in [6.07, 6.45) is -1.72. The standard InChI is InChI=1S/C19H17ClFN3O4/c1-2-13-10-5-6-24(18(10)23-8-22-13)19-16(27)15(26)17(28-19)14(25)9-3-4-11(20)12(21)7-9/h2-8,14-17,19,25-27H,1H2/t14?,15-,16+,17+,19+/m0/s1. The number of benzene rings is 1. The molecular weight excluding hydrogens is 389 g/mol. The Labute approximate surface area is 164 Å². The van der Waals surface area contributed by atoms with Crippen LogP contribution in [-0.4, -0.2) is 48.2 Å². The van der Waals surface area contributed by atoms with Crippen LogP contribution in [0.3, 0.4) is 0 Å². The van der Waals surface area contributed by atoms with Crippen LogP contribution in [0.15, 0.2) is 43.4 Å². The summed E-state index contributed by atoms with van der Waals surface area (Å²) in [5.74, 6) is -0.701. The number of aliphatic hydroxyl groups is 3. The third-order valence-electron chi connectivity index (χ3n) is 4.88. The van der Waals surface area contributed by atoms with Gasteiger partial charge in [0.25, 0.3) is 0 Å². The average Bonchev–Trinajstić information content (AvgIpc) is 3.25. The van der Waals surface area contributed by atoms with Gasteiger partial charge in [-0.3, -0.25) is 0 Å². The maximum absolute atomic E-state index is 13.7. The van der Waals surface area contributed by atoms with Crippen LogP contribution in [0.1, 0.15) is 23.6 Å². The Morgan fingerprint density at radius 3 is 2.75 bits per heavy atom. The van der Waals surface area contributed by atoms with E-state index >= 15 is 0 Å². The van der Waals surface area contributed by atoms with Gasteiger partial charge in [0, 0.05) is 11.6 Å². The first-order valence-electron chi connectivity index (χ1n) is 8.51. The maximum atomic E-state index is 13.7. The number of ether oxygens (including phenoxy) is 1. The van der Waals surface area contributed by atoms with Crippen LogP contribution >= 0.6 is 11.6 Å². The smallest absolute Gasteiger partial charge is 0.164 e. The Bertz CT molecular complexity index is 1040. The van der Waals surface area contributed by atoms with Gasteiger partial charge in [-0.25, -0.2) is 14.4 Å². The SMILES string of the molecule is C=Cc1ncnc2c1ccn2[C@@H]1O[C@H](C(O)c2ccc(Cl)c(F)c2)[C@@H](O)[C@H]1O. The van der Waals surface area contributed by atoms with Crippen molar-refractivity contribution in [2.24, 2.45) is 0 Å². The summed E-state index contributed by atoms with van der Waals surface area (Å²) < 4.78 is 21.0. The predicted octanol–water partition coefficient (Wildman–Crippen LogP) is 2.22. The molecule has 3 aromatic rings. The van der Waals surface area contributed by atoms with Crippen molar-refractivity contribution in [3.63, 3.8) is 0 Å². The van der Waals surface area contributed by atoms with E-state index in [1.165, 1.54) is 18.5 Å². The Hall–Kier alpha value is -2.36. The minimum Gasteiger partial charge on any atom is -0.387 e. The number of hydrogen-bond donors (Lipinski definition) is 3. The number of fused-ring (bicyclic) bond motifs is 1. The lowest BCUT2D eigenvalue weighted by Crippen LogP contribution is -2.34. The molecule has 1 aliphatic rings. The fourth-order valence-electron chi connectivity index (χ4n) is 3.42. The normalized spacial score (nSPS) is 25.9. The van der Waals surface area contributed by atoms with E-state index in [2.05, 4.69) is 16.5 Å². The summed E-state index contributed by atoms with van der Waals surface area (Å²) in [5.41, 5.74) is 1.27. The fourth-order valence-corrected chi connectivity index (χ4v) is 3.54. The Morgan fingerprint density at radius 1 is 1.25 bits per heavy atom. The zero-order chi connectivity index (χ0) is 20.0. The lowest BCUT2D eigenvalue weighted by atomic mass is 9.99. The van der Waals surface area contributed by atoms with E-state index in [4.69, 9.17) is 16.3 Å². The largest absolute Gasteiger partial charge is 0.387 e. The molecule has 0 bridgehead atoms. The van der Waals surface area contributed by atoms with E-state index in [1.807, 2.05) is 0 Å². The highest BCUT2D eigenvalue weighted by Crippen LogP contribution is 2.38. The average molecular weight is 406 g/mol. The first-order valence-corrected chi connectivity index (χ1v) is 8.88. The van der Waals surface area contributed by atoms with Gasteiger partial charge in [-0.1, -0.05) is 24.2 Å².